The standard InChI is InChI=1S/C26H32N4O2S/c1-5-29(6-2)12-7-13-30-23(20-10-11-24-22(15-20)27-25(31)16-32-24)17-33-26(30)28-21-14-18(3)8-9-19(21)4/h8-11,14-15,17H,5-7,12-13,16H2,1-4H3,(H,27,31). The summed E-state index contributed by atoms with van der Waals surface area (Å²) in [5.74, 6) is 0.588. The van der Waals surface area contributed by atoms with Gasteiger partial charge in [-0.25, -0.2) is 4.99 Å². The van der Waals surface area contributed by atoms with E-state index < -0.39 is 0 Å². The maximum absolute atomic E-state index is 11.8. The lowest BCUT2D eigenvalue weighted by molar-refractivity contribution is -0.118. The summed E-state index contributed by atoms with van der Waals surface area (Å²) in [5, 5.41) is 5.08. The summed E-state index contributed by atoms with van der Waals surface area (Å²) in [6, 6.07) is 12.4. The second-order valence-electron chi connectivity index (χ2n) is 8.39. The zero-order chi connectivity index (χ0) is 23.4. The number of amides is 1. The summed E-state index contributed by atoms with van der Waals surface area (Å²) in [4.78, 5) is 20.3. The molecular weight excluding hydrogens is 432 g/mol. The molecule has 0 saturated carbocycles. The predicted octanol–water partition coefficient (Wildman–Crippen LogP) is 5.13. The van der Waals surface area contributed by atoms with Crippen molar-refractivity contribution in [1.82, 2.24) is 9.47 Å². The number of fused-ring (bicyclic) bond motifs is 1. The zero-order valence-electron chi connectivity index (χ0n) is 19.9. The quantitative estimate of drug-likeness (QED) is 0.503. The monoisotopic (exact) mass is 464 g/mol. The van der Waals surface area contributed by atoms with Gasteiger partial charge >= 0.3 is 0 Å². The Balaban J connectivity index is 1.74. The summed E-state index contributed by atoms with van der Waals surface area (Å²) in [6.45, 7) is 12.7. The largest absolute Gasteiger partial charge is 0.482 e. The van der Waals surface area contributed by atoms with Crippen LogP contribution >= 0.6 is 11.3 Å². The number of hydrogen-bond donors (Lipinski definition) is 1. The highest BCUT2D eigenvalue weighted by Crippen LogP contribution is 2.33. The highest BCUT2D eigenvalue weighted by atomic mass is 32.1. The van der Waals surface area contributed by atoms with Crippen molar-refractivity contribution in [2.75, 3.05) is 31.6 Å². The number of hydrogen-bond acceptors (Lipinski definition) is 5. The molecule has 33 heavy (non-hydrogen) atoms. The van der Waals surface area contributed by atoms with Crippen molar-refractivity contribution in [3.05, 3.63) is 57.7 Å². The minimum absolute atomic E-state index is 0.0645. The Labute approximate surface area is 199 Å². The normalized spacial score (nSPS) is 13.7. The minimum atomic E-state index is -0.123. The van der Waals surface area contributed by atoms with E-state index in [4.69, 9.17) is 9.73 Å². The van der Waals surface area contributed by atoms with E-state index in [9.17, 15) is 4.79 Å². The van der Waals surface area contributed by atoms with Crippen LogP contribution < -0.4 is 14.9 Å². The van der Waals surface area contributed by atoms with Gasteiger partial charge < -0.3 is 19.5 Å². The zero-order valence-corrected chi connectivity index (χ0v) is 20.7. The fraction of sp³-hybridized carbons (Fsp3) is 0.385. The lowest BCUT2D eigenvalue weighted by Gasteiger charge is -2.20. The van der Waals surface area contributed by atoms with E-state index in [0.717, 1.165) is 60.0 Å². The fourth-order valence-corrected chi connectivity index (χ4v) is 4.99. The molecule has 2 aromatic carbocycles. The van der Waals surface area contributed by atoms with E-state index >= 15 is 0 Å². The van der Waals surface area contributed by atoms with Crippen molar-refractivity contribution < 1.29 is 9.53 Å². The highest BCUT2D eigenvalue weighted by Gasteiger charge is 2.18. The van der Waals surface area contributed by atoms with Crippen LogP contribution in [-0.2, 0) is 11.3 Å². The third-order valence-electron chi connectivity index (χ3n) is 6.04. The summed E-state index contributed by atoms with van der Waals surface area (Å²) < 4.78 is 7.85. The van der Waals surface area contributed by atoms with Gasteiger partial charge in [0.05, 0.1) is 17.1 Å². The van der Waals surface area contributed by atoms with Gasteiger partial charge in [0.25, 0.3) is 5.91 Å². The molecule has 0 saturated heterocycles. The number of aryl methyl sites for hydroxylation is 2. The smallest absolute Gasteiger partial charge is 0.262 e. The molecule has 1 aliphatic rings. The number of rotatable bonds is 8. The number of carbonyl (C=O) groups excluding carboxylic acids is 1. The molecular formula is C26H32N4O2S. The molecule has 4 rings (SSSR count). The first-order chi connectivity index (χ1) is 16.0. The van der Waals surface area contributed by atoms with Gasteiger partial charge in [0.1, 0.15) is 5.75 Å². The molecule has 1 N–H and O–H groups in total. The van der Waals surface area contributed by atoms with E-state index in [-0.39, 0.29) is 12.5 Å². The molecule has 7 heteroatoms. The Bertz CT molecular complexity index is 1210. The first-order valence-corrected chi connectivity index (χ1v) is 12.5. The van der Waals surface area contributed by atoms with Crippen molar-refractivity contribution in [1.29, 1.82) is 0 Å². The number of nitrogens with one attached hydrogen (secondary N) is 1. The molecule has 0 unspecified atom stereocenters. The molecule has 0 radical (unpaired) electrons. The van der Waals surface area contributed by atoms with Crippen molar-refractivity contribution in [3.63, 3.8) is 0 Å². The fourth-order valence-electron chi connectivity index (χ4n) is 4.04. The second kappa shape index (κ2) is 10.4. The van der Waals surface area contributed by atoms with Gasteiger partial charge in [-0.05, 0) is 75.3 Å². The van der Waals surface area contributed by atoms with Crippen molar-refractivity contribution in [2.45, 2.75) is 40.7 Å². The van der Waals surface area contributed by atoms with Gasteiger partial charge in [-0.15, -0.1) is 11.3 Å². The van der Waals surface area contributed by atoms with Crippen molar-refractivity contribution in [3.8, 4) is 17.0 Å². The summed E-state index contributed by atoms with van der Waals surface area (Å²) in [5.41, 5.74) is 6.24. The van der Waals surface area contributed by atoms with Crippen LogP contribution in [0.15, 0.2) is 46.8 Å². The third-order valence-corrected chi connectivity index (χ3v) is 6.90. The Morgan fingerprint density at radius 2 is 1.97 bits per heavy atom. The van der Waals surface area contributed by atoms with Crippen LogP contribution in [0.25, 0.3) is 11.3 Å². The van der Waals surface area contributed by atoms with E-state index in [2.05, 4.69) is 72.1 Å². The highest BCUT2D eigenvalue weighted by molar-refractivity contribution is 7.07. The average molecular weight is 465 g/mol. The number of aromatic nitrogens is 1. The maximum atomic E-state index is 11.8. The summed E-state index contributed by atoms with van der Waals surface area (Å²) >= 11 is 1.65. The van der Waals surface area contributed by atoms with Gasteiger partial charge in [0.2, 0.25) is 0 Å². The lowest BCUT2D eigenvalue weighted by atomic mass is 10.1. The average Bonchev–Trinajstić information content (AvgIpc) is 3.21. The third kappa shape index (κ3) is 5.37. The Kier molecular flexibility index (Phi) is 7.30. The summed E-state index contributed by atoms with van der Waals surface area (Å²) in [7, 11) is 0. The minimum Gasteiger partial charge on any atom is -0.482 e. The SMILES string of the molecule is CCN(CC)CCCn1c(-c2ccc3c(c2)NC(=O)CO3)csc1=Nc1cc(C)ccc1C. The lowest BCUT2D eigenvalue weighted by Crippen LogP contribution is -2.26. The number of benzene rings is 2. The van der Waals surface area contributed by atoms with E-state index in [1.165, 1.54) is 11.1 Å². The molecule has 2 heterocycles. The Morgan fingerprint density at radius 3 is 2.76 bits per heavy atom. The molecule has 0 fully saturated rings. The topological polar surface area (TPSA) is 58.9 Å². The molecule has 174 valence electrons. The van der Waals surface area contributed by atoms with Gasteiger partial charge in [0, 0.05) is 17.5 Å². The van der Waals surface area contributed by atoms with Crippen LogP contribution in [0.3, 0.4) is 0 Å². The number of nitrogens with zero attached hydrogens (tertiary/aromatic N) is 3. The number of ether oxygens (including phenoxy) is 1. The maximum Gasteiger partial charge on any atom is 0.262 e. The number of anilines is 1. The molecule has 0 bridgehead atoms. The molecule has 0 aliphatic carbocycles. The first kappa shape index (κ1) is 23.3. The number of carbonyl (C=O) groups is 1. The molecule has 0 atom stereocenters. The molecule has 1 aromatic heterocycles. The van der Waals surface area contributed by atoms with Crippen LogP contribution in [0.5, 0.6) is 5.75 Å². The molecule has 3 aromatic rings. The van der Waals surface area contributed by atoms with Crippen LogP contribution in [0.2, 0.25) is 0 Å². The van der Waals surface area contributed by atoms with Crippen LogP contribution in [0.1, 0.15) is 31.4 Å². The van der Waals surface area contributed by atoms with Crippen LogP contribution in [-0.4, -0.2) is 41.6 Å². The Morgan fingerprint density at radius 1 is 1.15 bits per heavy atom. The number of thiazole rings is 1. The second-order valence-corrected chi connectivity index (χ2v) is 9.22. The van der Waals surface area contributed by atoms with Crippen LogP contribution in [0.4, 0.5) is 11.4 Å². The molecule has 1 aliphatic heterocycles. The van der Waals surface area contributed by atoms with Gasteiger partial charge in [0.15, 0.2) is 11.4 Å². The van der Waals surface area contributed by atoms with Crippen molar-refractivity contribution >= 4 is 28.6 Å². The van der Waals surface area contributed by atoms with Gasteiger partial charge in [-0.2, -0.15) is 0 Å². The molecule has 0 spiro atoms. The summed E-state index contributed by atoms with van der Waals surface area (Å²) in [6.07, 6.45) is 1.04. The predicted molar refractivity (Wildman–Crippen MR) is 135 cm³/mol. The van der Waals surface area contributed by atoms with Crippen LogP contribution in [0, 0.1) is 13.8 Å². The van der Waals surface area contributed by atoms with Gasteiger partial charge in [-0.1, -0.05) is 26.0 Å². The molecule has 6 nitrogen and oxygen atoms in total. The van der Waals surface area contributed by atoms with E-state index in [0.29, 0.717) is 5.75 Å². The van der Waals surface area contributed by atoms with Gasteiger partial charge in [-0.3, -0.25) is 4.79 Å². The Hall–Kier alpha value is -2.90. The van der Waals surface area contributed by atoms with E-state index in [1.807, 2.05) is 12.1 Å². The first-order valence-electron chi connectivity index (χ1n) is 11.6. The van der Waals surface area contributed by atoms with Crippen molar-refractivity contribution in [2.24, 2.45) is 4.99 Å². The van der Waals surface area contributed by atoms with E-state index in [1.54, 1.807) is 11.3 Å². The molecule has 1 amide bonds.